The van der Waals surface area contributed by atoms with Crippen molar-refractivity contribution in [3.05, 3.63) is 22.4 Å². The summed E-state index contributed by atoms with van der Waals surface area (Å²) in [7, 11) is 0. The zero-order valence-electron chi connectivity index (χ0n) is 12.3. The molecule has 1 atom stereocenters. The van der Waals surface area contributed by atoms with Gasteiger partial charge in [0.25, 0.3) is 0 Å². The van der Waals surface area contributed by atoms with Gasteiger partial charge in [0.2, 0.25) is 0 Å². The van der Waals surface area contributed by atoms with Crippen LogP contribution in [0.2, 0.25) is 0 Å². The molecule has 0 saturated heterocycles. The van der Waals surface area contributed by atoms with Crippen molar-refractivity contribution in [2.24, 2.45) is 5.92 Å². The van der Waals surface area contributed by atoms with Crippen LogP contribution in [-0.2, 0) is 9.53 Å². The second kappa shape index (κ2) is 8.42. The summed E-state index contributed by atoms with van der Waals surface area (Å²) in [5.74, 6) is 0.680. The SMILES string of the molecule is CCOC(=O)CCCNC(c1cccs1)C1CCCC1. The van der Waals surface area contributed by atoms with Crippen LogP contribution in [0.1, 0.15) is 56.4 Å². The highest BCUT2D eigenvalue weighted by molar-refractivity contribution is 7.10. The van der Waals surface area contributed by atoms with E-state index in [1.165, 1.54) is 30.6 Å². The van der Waals surface area contributed by atoms with Crippen LogP contribution in [0, 0.1) is 5.92 Å². The number of thiophene rings is 1. The summed E-state index contributed by atoms with van der Waals surface area (Å²) in [6.07, 6.45) is 6.74. The van der Waals surface area contributed by atoms with E-state index in [0.29, 0.717) is 19.1 Å². The molecule has 0 bridgehead atoms. The van der Waals surface area contributed by atoms with Crippen LogP contribution >= 0.6 is 11.3 Å². The van der Waals surface area contributed by atoms with Gasteiger partial charge < -0.3 is 10.1 Å². The first kappa shape index (κ1) is 15.5. The van der Waals surface area contributed by atoms with Crippen LogP contribution in [0.5, 0.6) is 0 Å². The van der Waals surface area contributed by atoms with Crippen molar-refractivity contribution < 1.29 is 9.53 Å². The average molecular weight is 295 g/mol. The molecule has 0 aliphatic heterocycles. The molecule has 4 heteroatoms. The van der Waals surface area contributed by atoms with Crippen LogP contribution < -0.4 is 5.32 Å². The minimum absolute atomic E-state index is 0.0807. The summed E-state index contributed by atoms with van der Waals surface area (Å²) >= 11 is 1.84. The Balaban J connectivity index is 1.78. The highest BCUT2D eigenvalue weighted by Gasteiger charge is 2.26. The molecule has 1 fully saturated rings. The number of hydrogen-bond donors (Lipinski definition) is 1. The fourth-order valence-corrected chi connectivity index (χ4v) is 3.88. The van der Waals surface area contributed by atoms with Crippen molar-refractivity contribution in [3.63, 3.8) is 0 Å². The van der Waals surface area contributed by atoms with Gasteiger partial charge in [0.05, 0.1) is 6.61 Å². The predicted molar refractivity (Wildman–Crippen MR) is 82.9 cm³/mol. The molecule has 0 aromatic carbocycles. The standard InChI is InChI=1S/C16H25NO2S/c1-2-19-15(18)10-5-11-17-16(13-7-3-4-8-13)14-9-6-12-20-14/h6,9,12-13,16-17H,2-5,7-8,10-11H2,1H3. The Labute approximate surface area is 125 Å². The Hall–Kier alpha value is -0.870. The van der Waals surface area contributed by atoms with Crippen molar-refractivity contribution in [2.75, 3.05) is 13.2 Å². The molecule has 1 aliphatic rings. The van der Waals surface area contributed by atoms with Gasteiger partial charge in [-0.3, -0.25) is 4.79 Å². The summed E-state index contributed by atoms with van der Waals surface area (Å²) in [6.45, 7) is 3.22. The number of carbonyl (C=O) groups excluding carboxylic acids is 1. The van der Waals surface area contributed by atoms with E-state index in [4.69, 9.17) is 4.74 Å². The third-order valence-electron chi connectivity index (χ3n) is 3.95. The molecule has 1 aromatic rings. The number of rotatable bonds is 8. The maximum atomic E-state index is 11.3. The first-order valence-corrected chi connectivity index (χ1v) is 8.61. The van der Waals surface area contributed by atoms with Gasteiger partial charge >= 0.3 is 5.97 Å². The van der Waals surface area contributed by atoms with Crippen LogP contribution in [-0.4, -0.2) is 19.1 Å². The maximum Gasteiger partial charge on any atom is 0.305 e. The smallest absolute Gasteiger partial charge is 0.305 e. The molecule has 1 unspecified atom stereocenters. The summed E-state index contributed by atoms with van der Waals surface area (Å²) in [5, 5.41) is 5.81. The number of ether oxygens (including phenoxy) is 1. The first-order valence-electron chi connectivity index (χ1n) is 7.73. The van der Waals surface area contributed by atoms with E-state index in [0.717, 1.165) is 18.9 Å². The number of hydrogen-bond acceptors (Lipinski definition) is 4. The lowest BCUT2D eigenvalue weighted by Gasteiger charge is -2.23. The number of nitrogens with one attached hydrogen (secondary N) is 1. The topological polar surface area (TPSA) is 38.3 Å². The first-order chi connectivity index (χ1) is 9.81. The summed E-state index contributed by atoms with van der Waals surface area (Å²) < 4.78 is 4.96. The van der Waals surface area contributed by atoms with Crippen LogP contribution in [0.4, 0.5) is 0 Å². The molecule has 1 N–H and O–H groups in total. The highest BCUT2D eigenvalue weighted by atomic mass is 32.1. The van der Waals surface area contributed by atoms with E-state index in [1.807, 2.05) is 18.3 Å². The van der Waals surface area contributed by atoms with E-state index < -0.39 is 0 Å². The molecule has 112 valence electrons. The van der Waals surface area contributed by atoms with E-state index in [-0.39, 0.29) is 5.97 Å². The maximum absolute atomic E-state index is 11.3. The monoisotopic (exact) mass is 295 g/mol. The fraction of sp³-hybridized carbons (Fsp3) is 0.688. The minimum Gasteiger partial charge on any atom is -0.466 e. The fourth-order valence-electron chi connectivity index (χ4n) is 2.98. The lowest BCUT2D eigenvalue weighted by molar-refractivity contribution is -0.143. The Morgan fingerprint density at radius 1 is 1.50 bits per heavy atom. The second-order valence-electron chi connectivity index (χ2n) is 5.40. The van der Waals surface area contributed by atoms with Gasteiger partial charge in [0.15, 0.2) is 0 Å². The van der Waals surface area contributed by atoms with E-state index in [1.54, 1.807) is 0 Å². The van der Waals surface area contributed by atoms with Crippen LogP contribution in [0.3, 0.4) is 0 Å². The number of esters is 1. The van der Waals surface area contributed by atoms with E-state index in [2.05, 4.69) is 22.8 Å². The van der Waals surface area contributed by atoms with E-state index in [9.17, 15) is 4.79 Å². The molecule has 1 heterocycles. The van der Waals surface area contributed by atoms with Crippen LogP contribution in [0.25, 0.3) is 0 Å². The molecule has 0 spiro atoms. The molecule has 0 amide bonds. The van der Waals surface area contributed by atoms with Gasteiger partial charge in [0, 0.05) is 17.3 Å². The highest BCUT2D eigenvalue weighted by Crippen LogP contribution is 2.37. The normalized spacial score (nSPS) is 17.2. The molecule has 2 rings (SSSR count). The summed E-state index contributed by atoms with van der Waals surface area (Å²) in [4.78, 5) is 12.8. The van der Waals surface area contributed by atoms with Gasteiger partial charge in [-0.2, -0.15) is 0 Å². The summed E-state index contributed by atoms with van der Waals surface area (Å²) in [6, 6.07) is 4.83. The molecule has 1 saturated carbocycles. The molecule has 20 heavy (non-hydrogen) atoms. The molecule has 3 nitrogen and oxygen atoms in total. The van der Waals surface area contributed by atoms with Crippen molar-refractivity contribution in [2.45, 2.75) is 51.5 Å². The van der Waals surface area contributed by atoms with Crippen LogP contribution in [0.15, 0.2) is 17.5 Å². The van der Waals surface area contributed by atoms with Crippen molar-refractivity contribution in [3.8, 4) is 0 Å². The Morgan fingerprint density at radius 2 is 2.30 bits per heavy atom. The summed E-state index contributed by atoms with van der Waals surface area (Å²) in [5.41, 5.74) is 0. The van der Waals surface area contributed by atoms with Crippen molar-refractivity contribution >= 4 is 17.3 Å². The zero-order valence-corrected chi connectivity index (χ0v) is 13.1. The lowest BCUT2D eigenvalue weighted by atomic mass is 9.96. The van der Waals surface area contributed by atoms with Gasteiger partial charge in [-0.1, -0.05) is 18.9 Å². The molecular weight excluding hydrogens is 270 g/mol. The Bertz CT molecular complexity index is 385. The van der Waals surface area contributed by atoms with E-state index >= 15 is 0 Å². The molecule has 1 aromatic heterocycles. The van der Waals surface area contributed by atoms with Gasteiger partial charge in [-0.15, -0.1) is 11.3 Å². The van der Waals surface area contributed by atoms with Crippen molar-refractivity contribution in [1.29, 1.82) is 0 Å². The molecular formula is C16H25NO2S. The molecule has 1 aliphatic carbocycles. The molecule has 0 radical (unpaired) electrons. The van der Waals surface area contributed by atoms with Gasteiger partial charge in [0.1, 0.15) is 0 Å². The van der Waals surface area contributed by atoms with Crippen molar-refractivity contribution in [1.82, 2.24) is 5.32 Å². The Kier molecular flexibility index (Phi) is 6.54. The quantitative estimate of drug-likeness (QED) is 0.583. The predicted octanol–water partition coefficient (Wildman–Crippen LogP) is 3.91. The van der Waals surface area contributed by atoms with Gasteiger partial charge in [-0.05, 0) is 50.1 Å². The van der Waals surface area contributed by atoms with Gasteiger partial charge in [-0.25, -0.2) is 0 Å². The Morgan fingerprint density at radius 3 is 2.95 bits per heavy atom. The lowest BCUT2D eigenvalue weighted by Crippen LogP contribution is -2.27. The third kappa shape index (κ3) is 4.60. The largest absolute Gasteiger partial charge is 0.466 e. The third-order valence-corrected chi connectivity index (χ3v) is 4.90. The second-order valence-corrected chi connectivity index (χ2v) is 6.38. The zero-order chi connectivity index (χ0) is 14.2. The minimum atomic E-state index is -0.0807. The average Bonchev–Trinajstić information content (AvgIpc) is 3.12. The number of carbonyl (C=O) groups is 1.